The first kappa shape index (κ1) is 9.48. The SMILES string of the molecule is COc1cccc2c(C3=CCNC3)c[nH]c12. The molecule has 1 aliphatic heterocycles. The van der Waals surface area contributed by atoms with Crippen molar-refractivity contribution in [2.75, 3.05) is 20.2 Å². The quantitative estimate of drug-likeness (QED) is 0.803. The molecule has 3 heteroatoms. The number of nitrogens with one attached hydrogen (secondary N) is 2. The Hall–Kier alpha value is -1.74. The Morgan fingerprint density at radius 2 is 2.25 bits per heavy atom. The van der Waals surface area contributed by atoms with Crippen LogP contribution in [0.2, 0.25) is 0 Å². The Labute approximate surface area is 94.1 Å². The number of ether oxygens (including phenoxy) is 1. The highest BCUT2D eigenvalue weighted by Crippen LogP contribution is 2.31. The molecule has 0 spiro atoms. The molecule has 0 unspecified atom stereocenters. The lowest BCUT2D eigenvalue weighted by molar-refractivity contribution is 0.419. The third-order valence-electron chi connectivity index (χ3n) is 3.05. The van der Waals surface area contributed by atoms with Crippen molar-refractivity contribution in [1.82, 2.24) is 10.3 Å². The molecule has 16 heavy (non-hydrogen) atoms. The Bertz CT molecular complexity index is 554. The lowest BCUT2D eigenvalue weighted by atomic mass is 10.1. The van der Waals surface area contributed by atoms with E-state index < -0.39 is 0 Å². The van der Waals surface area contributed by atoms with Gasteiger partial charge in [0.15, 0.2) is 0 Å². The van der Waals surface area contributed by atoms with E-state index in [0.717, 1.165) is 24.4 Å². The maximum atomic E-state index is 5.34. The van der Waals surface area contributed by atoms with Crippen LogP contribution < -0.4 is 10.1 Å². The van der Waals surface area contributed by atoms with Gasteiger partial charge >= 0.3 is 0 Å². The Morgan fingerprint density at radius 1 is 1.31 bits per heavy atom. The Kier molecular flexibility index (Phi) is 2.18. The van der Waals surface area contributed by atoms with Gasteiger partial charge in [-0.3, -0.25) is 0 Å². The molecular formula is C13H14N2O. The third kappa shape index (κ3) is 1.32. The number of aromatic amines is 1. The molecule has 0 bridgehead atoms. The molecule has 2 aromatic rings. The van der Waals surface area contributed by atoms with E-state index in [2.05, 4.69) is 28.6 Å². The summed E-state index contributed by atoms with van der Waals surface area (Å²) in [5.41, 5.74) is 3.71. The Morgan fingerprint density at radius 3 is 3.00 bits per heavy atom. The van der Waals surface area contributed by atoms with Crippen molar-refractivity contribution in [3.05, 3.63) is 36.0 Å². The molecule has 0 saturated carbocycles. The summed E-state index contributed by atoms with van der Waals surface area (Å²) in [6, 6.07) is 6.13. The van der Waals surface area contributed by atoms with Crippen molar-refractivity contribution in [2.45, 2.75) is 0 Å². The van der Waals surface area contributed by atoms with Gasteiger partial charge in [-0.1, -0.05) is 18.2 Å². The third-order valence-corrected chi connectivity index (χ3v) is 3.05. The number of aromatic nitrogens is 1. The van der Waals surface area contributed by atoms with Crippen LogP contribution in [0.25, 0.3) is 16.5 Å². The zero-order valence-corrected chi connectivity index (χ0v) is 9.21. The van der Waals surface area contributed by atoms with Gasteiger partial charge in [0.05, 0.1) is 12.6 Å². The van der Waals surface area contributed by atoms with Crippen LogP contribution in [0.5, 0.6) is 5.75 Å². The first-order chi connectivity index (χ1) is 7.90. The van der Waals surface area contributed by atoms with Crippen LogP contribution in [0.3, 0.4) is 0 Å². The number of hydrogen-bond acceptors (Lipinski definition) is 2. The van der Waals surface area contributed by atoms with Crippen LogP contribution in [-0.4, -0.2) is 25.2 Å². The van der Waals surface area contributed by atoms with E-state index in [1.54, 1.807) is 7.11 Å². The minimum absolute atomic E-state index is 0.898. The second kappa shape index (κ2) is 3.68. The monoisotopic (exact) mass is 214 g/mol. The fourth-order valence-corrected chi connectivity index (χ4v) is 2.24. The van der Waals surface area contributed by atoms with Crippen LogP contribution in [0.15, 0.2) is 30.5 Å². The highest BCUT2D eigenvalue weighted by molar-refractivity contribution is 5.96. The smallest absolute Gasteiger partial charge is 0.142 e. The summed E-state index contributed by atoms with van der Waals surface area (Å²) in [5.74, 6) is 0.898. The van der Waals surface area contributed by atoms with E-state index in [-0.39, 0.29) is 0 Å². The van der Waals surface area contributed by atoms with Gasteiger partial charge in [0.1, 0.15) is 5.75 Å². The maximum absolute atomic E-state index is 5.34. The zero-order chi connectivity index (χ0) is 11.0. The number of rotatable bonds is 2. The van der Waals surface area contributed by atoms with Crippen molar-refractivity contribution in [3.63, 3.8) is 0 Å². The lowest BCUT2D eigenvalue weighted by Gasteiger charge is -2.02. The van der Waals surface area contributed by atoms with Crippen molar-refractivity contribution in [2.24, 2.45) is 0 Å². The number of fused-ring (bicyclic) bond motifs is 1. The summed E-state index contributed by atoms with van der Waals surface area (Å²) in [5, 5.41) is 4.55. The molecule has 0 radical (unpaired) electrons. The number of methoxy groups -OCH3 is 1. The summed E-state index contributed by atoms with van der Waals surface area (Å²) in [6.45, 7) is 1.91. The highest BCUT2D eigenvalue weighted by atomic mass is 16.5. The predicted molar refractivity (Wildman–Crippen MR) is 65.7 cm³/mol. The average molecular weight is 214 g/mol. The summed E-state index contributed by atoms with van der Waals surface area (Å²) >= 11 is 0. The van der Waals surface area contributed by atoms with E-state index in [4.69, 9.17) is 4.74 Å². The second-order valence-corrected chi connectivity index (χ2v) is 3.95. The second-order valence-electron chi connectivity index (χ2n) is 3.95. The maximum Gasteiger partial charge on any atom is 0.142 e. The predicted octanol–water partition coefficient (Wildman–Crippen LogP) is 2.16. The van der Waals surface area contributed by atoms with Gasteiger partial charge in [0.25, 0.3) is 0 Å². The van der Waals surface area contributed by atoms with Crippen LogP contribution in [-0.2, 0) is 0 Å². The molecule has 0 saturated heterocycles. The summed E-state index contributed by atoms with van der Waals surface area (Å²) < 4.78 is 5.34. The summed E-state index contributed by atoms with van der Waals surface area (Å²) in [6.07, 6.45) is 4.30. The van der Waals surface area contributed by atoms with E-state index in [0.29, 0.717) is 0 Å². The van der Waals surface area contributed by atoms with Crippen molar-refractivity contribution < 1.29 is 4.74 Å². The minimum Gasteiger partial charge on any atom is -0.495 e. The molecule has 82 valence electrons. The fourth-order valence-electron chi connectivity index (χ4n) is 2.24. The summed E-state index contributed by atoms with van der Waals surface area (Å²) in [7, 11) is 1.70. The van der Waals surface area contributed by atoms with Crippen LogP contribution >= 0.6 is 0 Å². The molecule has 1 aromatic carbocycles. The van der Waals surface area contributed by atoms with Gasteiger partial charge in [0, 0.05) is 30.2 Å². The van der Waals surface area contributed by atoms with E-state index in [1.165, 1.54) is 16.5 Å². The average Bonchev–Trinajstić information content (AvgIpc) is 2.96. The molecule has 0 aliphatic carbocycles. The lowest BCUT2D eigenvalue weighted by Crippen LogP contribution is -2.07. The van der Waals surface area contributed by atoms with Gasteiger partial charge < -0.3 is 15.0 Å². The fraction of sp³-hybridized carbons (Fsp3) is 0.231. The van der Waals surface area contributed by atoms with Gasteiger partial charge in [-0.05, 0) is 11.6 Å². The van der Waals surface area contributed by atoms with Gasteiger partial charge in [-0.2, -0.15) is 0 Å². The number of benzene rings is 1. The van der Waals surface area contributed by atoms with Gasteiger partial charge in [-0.25, -0.2) is 0 Å². The van der Waals surface area contributed by atoms with E-state index in [1.807, 2.05) is 12.1 Å². The van der Waals surface area contributed by atoms with Gasteiger partial charge in [0.2, 0.25) is 0 Å². The number of H-pyrrole nitrogens is 1. The first-order valence-corrected chi connectivity index (χ1v) is 5.44. The standard InChI is InChI=1S/C13H14N2O/c1-16-12-4-2-3-10-11(8-15-13(10)12)9-5-6-14-7-9/h2-5,8,14-15H,6-7H2,1H3. The molecule has 0 amide bonds. The Balaban J connectivity index is 2.20. The van der Waals surface area contributed by atoms with Gasteiger partial charge in [-0.15, -0.1) is 0 Å². The van der Waals surface area contributed by atoms with Crippen LogP contribution in [0.1, 0.15) is 5.56 Å². The molecule has 2 N–H and O–H groups in total. The van der Waals surface area contributed by atoms with Crippen molar-refractivity contribution in [1.29, 1.82) is 0 Å². The largest absolute Gasteiger partial charge is 0.495 e. The van der Waals surface area contributed by atoms with Crippen LogP contribution in [0.4, 0.5) is 0 Å². The first-order valence-electron chi connectivity index (χ1n) is 5.44. The molecule has 3 rings (SSSR count). The van der Waals surface area contributed by atoms with E-state index in [9.17, 15) is 0 Å². The van der Waals surface area contributed by atoms with Crippen molar-refractivity contribution >= 4 is 16.5 Å². The minimum atomic E-state index is 0.898. The zero-order valence-electron chi connectivity index (χ0n) is 9.21. The molecule has 0 atom stereocenters. The molecule has 1 aromatic heterocycles. The van der Waals surface area contributed by atoms with E-state index >= 15 is 0 Å². The molecule has 0 fully saturated rings. The van der Waals surface area contributed by atoms with Crippen LogP contribution in [0, 0.1) is 0 Å². The molecule has 2 heterocycles. The highest BCUT2D eigenvalue weighted by Gasteiger charge is 2.13. The molecule has 3 nitrogen and oxygen atoms in total. The molecular weight excluding hydrogens is 200 g/mol. The molecule has 1 aliphatic rings. The topological polar surface area (TPSA) is 37.0 Å². The number of hydrogen-bond donors (Lipinski definition) is 2. The normalized spacial score (nSPS) is 15.4. The number of para-hydroxylation sites is 1. The summed E-state index contributed by atoms with van der Waals surface area (Å²) in [4.78, 5) is 3.29. The van der Waals surface area contributed by atoms with Crippen molar-refractivity contribution in [3.8, 4) is 5.75 Å².